The number of rotatable bonds is 3. The van der Waals surface area contributed by atoms with E-state index in [0.717, 1.165) is 24.5 Å². The fourth-order valence-corrected chi connectivity index (χ4v) is 3.29. The van der Waals surface area contributed by atoms with Crippen LogP contribution in [0.15, 0.2) is 0 Å². The van der Waals surface area contributed by atoms with E-state index in [-0.39, 0.29) is 23.9 Å². The molecular weight excluding hydrogens is 240 g/mol. The van der Waals surface area contributed by atoms with Crippen LogP contribution in [0.25, 0.3) is 0 Å². The van der Waals surface area contributed by atoms with E-state index in [0.29, 0.717) is 12.8 Å². The summed E-state index contributed by atoms with van der Waals surface area (Å²) in [4.78, 5) is 22.6. The van der Waals surface area contributed by atoms with Crippen LogP contribution in [0.1, 0.15) is 25.7 Å². The van der Waals surface area contributed by atoms with E-state index in [2.05, 4.69) is 10.6 Å². The minimum Gasteiger partial charge on any atom is -0.481 e. The molecule has 1 heterocycles. The fourth-order valence-electron chi connectivity index (χ4n) is 2.35. The van der Waals surface area contributed by atoms with Gasteiger partial charge in [-0.2, -0.15) is 0 Å². The van der Waals surface area contributed by atoms with E-state index in [4.69, 9.17) is 5.11 Å². The molecule has 1 unspecified atom stereocenters. The summed E-state index contributed by atoms with van der Waals surface area (Å²) >= 11 is 1.73. The first-order valence-electron chi connectivity index (χ1n) is 6.01. The average Bonchev–Trinajstić information content (AvgIpc) is 2.83. The van der Waals surface area contributed by atoms with Crippen LogP contribution < -0.4 is 10.6 Å². The summed E-state index contributed by atoms with van der Waals surface area (Å²) < 4.78 is 0. The molecule has 0 spiro atoms. The lowest BCUT2D eigenvalue weighted by Gasteiger charge is -2.27. The van der Waals surface area contributed by atoms with Crippen molar-refractivity contribution in [1.29, 1.82) is 0 Å². The second-order valence-corrected chi connectivity index (χ2v) is 5.70. The van der Waals surface area contributed by atoms with Crippen molar-refractivity contribution >= 4 is 23.6 Å². The fraction of sp³-hybridized carbons (Fsp3) is 0.818. The van der Waals surface area contributed by atoms with Gasteiger partial charge in [0.15, 0.2) is 0 Å². The molecule has 0 radical (unpaired) electrons. The summed E-state index contributed by atoms with van der Waals surface area (Å²) in [5.74, 6) is 0.806. The Kier molecular flexibility index (Phi) is 4.28. The highest BCUT2D eigenvalue weighted by molar-refractivity contribution is 7.99. The molecule has 0 aromatic carbocycles. The largest absolute Gasteiger partial charge is 0.481 e. The van der Waals surface area contributed by atoms with Crippen molar-refractivity contribution in [2.75, 3.05) is 11.6 Å². The molecule has 0 bridgehead atoms. The molecule has 0 aromatic heterocycles. The Morgan fingerprint density at radius 3 is 2.47 bits per heavy atom. The number of carboxylic acids is 1. The number of amides is 1. The highest BCUT2D eigenvalue weighted by Crippen LogP contribution is 2.24. The van der Waals surface area contributed by atoms with Gasteiger partial charge in [0.05, 0.1) is 12.0 Å². The molecule has 96 valence electrons. The number of hydrogen-bond donors (Lipinski definition) is 3. The van der Waals surface area contributed by atoms with Gasteiger partial charge in [0.2, 0.25) is 5.91 Å². The Bertz CT molecular complexity index is 297. The Morgan fingerprint density at radius 2 is 1.94 bits per heavy atom. The smallest absolute Gasteiger partial charge is 0.306 e. The standard InChI is InChI=1S/C11H18N2O3S/c14-10(9-5-17-6-12-9)13-8-3-1-7(2-4-8)11(15)16/h7-9,12H,1-6H2,(H,13,14)(H,15,16). The highest BCUT2D eigenvalue weighted by atomic mass is 32.2. The molecule has 1 aliphatic heterocycles. The van der Waals surface area contributed by atoms with Crippen molar-refractivity contribution in [1.82, 2.24) is 10.6 Å². The predicted molar refractivity (Wildman–Crippen MR) is 65.8 cm³/mol. The molecule has 2 fully saturated rings. The molecule has 17 heavy (non-hydrogen) atoms. The van der Waals surface area contributed by atoms with Crippen LogP contribution in [0.2, 0.25) is 0 Å². The first-order valence-corrected chi connectivity index (χ1v) is 7.16. The van der Waals surface area contributed by atoms with Crippen molar-refractivity contribution in [3.05, 3.63) is 0 Å². The Balaban J connectivity index is 1.74. The molecule has 1 aliphatic carbocycles. The van der Waals surface area contributed by atoms with Crippen LogP contribution in [0.4, 0.5) is 0 Å². The van der Waals surface area contributed by atoms with Crippen LogP contribution >= 0.6 is 11.8 Å². The maximum Gasteiger partial charge on any atom is 0.306 e. The second kappa shape index (κ2) is 5.73. The van der Waals surface area contributed by atoms with E-state index in [9.17, 15) is 9.59 Å². The molecule has 5 nitrogen and oxygen atoms in total. The van der Waals surface area contributed by atoms with Crippen molar-refractivity contribution in [2.45, 2.75) is 37.8 Å². The Morgan fingerprint density at radius 1 is 1.24 bits per heavy atom. The lowest BCUT2D eigenvalue weighted by Crippen LogP contribution is -2.47. The van der Waals surface area contributed by atoms with E-state index < -0.39 is 5.97 Å². The molecule has 1 saturated carbocycles. The molecule has 1 amide bonds. The van der Waals surface area contributed by atoms with Gasteiger partial charge >= 0.3 is 5.97 Å². The second-order valence-electron chi connectivity index (χ2n) is 4.67. The van der Waals surface area contributed by atoms with Gasteiger partial charge in [-0.1, -0.05) is 0 Å². The number of carbonyl (C=O) groups excluding carboxylic acids is 1. The third-order valence-electron chi connectivity index (χ3n) is 3.46. The predicted octanol–water partition coefficient (Wildman–Crippen LogP) is 0.408. The summed E-state index contributed by atoms with van der Waals surface area (Å²) in [6.45, 7) is 0. The number of carboxylic acid groups (broad SMARTS) is 1. The van der Waals surface area contributed by atoms with Gasteiger partial charge in [0.1, 0.15) is 0 Å². The number of thioether (sulfide) groups is 1. The quantitative estimate of drug-likeness (QED) is 0.683. The number of nitrogens with one attached hydrogen (secondary N) is 2. The van der Waals surface area contributed by atoms with Crippen molar-refractivity contribution in [3.8, 4) is 0 Å². The van der Waals surface area contributed by atoms with Crippen LogP contribution in [0.3, 0.4) is 0 Å². The maximum absolute atomic E-state index is 11.8. The Labute approximate surface area is 105 Å². The summed E-state index contributed by atoms with van der Waals surface area (Å²) in [7, 11) is 0. The summed E-state index contributed by atoms with van der Waals surface area (Å²) in [5.41, 5.74) is 0. The van der Waals surface area contributed by atoms with Crippen molar-refractivity contribution in [3.63, 3.8) is 0 Å². The number of aliphatic carboxylic acids is 1. The molecule has 2 rings (SSSR count). The third-order valence-corrected chi connectivity index (χ3v) is 4.40. The molecule has 2 aliphatic rings. The van der Waals surface area contributed by atoms with Gasteiger partial charge in [-0.15, -0.1) is 11.8 Å². The molecule has 6 heteroatoms. The van der Waals surface area contributed by atoms with Crippen LogP contribution in [-0.2, 0) is 9.59 Å². The summed E-state index contributed by atoms with van der Waals surface area (Å²) in [6, 6.07) is 0.0858. The van der Waals surface area contributed by atoms with Crippen molar-refractivity contribution < 1.29 is 14.7 Å². The zero-order chi connectivity index (χ0) is 12.3. The van der Waals surface area contributed by atoms with Gasteiger partial charge in [0.25, 0.3) is 0 Å². The van der Waals surface area contributed by atoms with Crippen LogP contribution in [-0.4, -0.2) is 40.7 Å². The van der Waals surface area contributed by atoms with Crippen LogP contribution in [0.5, 0.6) is 0 Å². The van der Waals surface area contributed by atoms with Gasteiger partial charge in [-0.25, -0.2) is 0 Å². The molecule has 3 N–H and O–H groups in total. The van der Waals surface area contributed by atoms with Gasteiger partial charge in [0, 0.05) is 17.7 Å². The molecular formula is C11H18N2O3S. The zero-order valence-corrected chi connectivity index (χ0v) is 10.5. The normalized spacial score (nSPS) is 33.3. The number of carbonyl (C=O) groups is 2. The Hall–Kier alpha value is -0.750. The first-order chi connectivity index (χ1) is 8.16. The lowest BCUT2D eigenvalue weighted by molar-refractivity contribution is -0.142. The van der Waals surface area contributed by atoms with E-state index in [1.54, 1.807) is 11.8 Å². The average molecular weight is 258 g/mol. The monoisotopic (exact) mass is 258 g/mol. The molecule has 1 saturated heterocycles. The van der Waals surface area contributed by atoms with E-state index in [1.807, 2.05) is 0 Å². The third kappa shape index (κ3) is 3.35. The van der Waals surface area contributed by atoms with Crippen LogP contribution in [0, 0.1) is 5.92 Å². The first kappa shape index (κ1) is 12.7. The summed E-state index contributed by atoms with van der Waals surface area (Å²) in [6.07, 6.45) is 2.91. The topological polar surface area (TPSA) is 78.4 Å². The number of hydrogen-bond acceptors (Lipinski definition) is 4. The highest BCUT2D eigenvalue weighted by Gasteiger charge is 2.29. The van der Waals surface area contributed by atoms with E-state index in [1.165, 1.54) is 0 Å². The van der Waals surface area contributed by atoms with E-state index >= 15 is 0 Å². The molecule has 0 aromatic rings. The zero-order valence-electron chi connectivity index (χ0n) is 9.65. The van der Waals surface area contributed by atoms with Gasteiger partial charge in [-0.05, 0) is 25.7 Å². The SMILES string of the molecule is O=C(O)C1CCC(NC(=O)C2CSCN2)CC1. The van der Waals surface area contributed by atoms with Gasteiger partial charge < -0.3 is 10.4 Å². The minimum atomic E-state index is -0.705. The maximum atomic E-state index is 11.8. The minimum absolute atomic E-state index is 0.0637. The van der Waals surface area contributed by atoms with Gasteiger partial charge in [-0.3, -0.25) is 14.9 Å². The summed E-state index contributed by atoms with van der Waals surface area (Å²) in [5, 5.41) is 15.0. The molecule has 1 atom stereocenters. The van der Waals surface area contributed by atoms with Crippen molar-refractivity contribution in [2.24, 2.45) is 5.92 Å². The lowest BCUT2D eigenvalue weighted by atomic mass is 9.86.